The molecular formula is C14H21NO3. The summed E-state index contributed by atoms with van der Waals surface area (Å²) in [4.78, 5) is 23.0. The Balaban J connectivity index is 1.88. The van der Waals surface area contributed by atoms with Gasteiger partial charge in [-0.15, -0.1) is 0 Å². The molecule has 1 amide bonds. The van der Waals surface area contributed by atoms with Crippen LogP contribution in [0, 0.1) is 5.92 Å². The molecule has 0 spiro atoms. The van der Waals surface area contributed by atoms with E-state index in [1.54, 1.807) is 6.08 Å². The Bertz CT molecular complexity index is 392. The number of fused-ring (bicyclic) bond motifs is 1. The van der Waals surface area contributed by atoms with E-state index >= 15 is 0 Å². The molecule has 1 N–H and O–H groups in total. The molecule has 2 aliphatic carbocycles. The highest BCUT2D eigenvalue weighted by molar-refractivity contribution is 5.91. The molecule has 18 heavy (non-hydrogen) atoms. The summed E-state index contributed by atoms with van der Waals surface area (Å²) < 4.78 is 5.24. The van der Waals surface area contributed by atoms with Crippen LogP contribution in [-0.4, -0.2) is 23.5 Å². The molecule has 0 heterocycles. The quantitative estimate of drug-likeness (QED) is 0.779. The van der Waals surface area contributed by atoms with Crippen LogP contribution < -0.4 is 5.32 Å². The molecule has 2 rings (SSSR count). The summed E-state index contributed by atoms with van der Waals surface area (Å²) in [6.45, 7) is 5.55. The largest absolute Gasteiger partial charge is 0.444 e. The van der Waals surface area contributed by atoms with Gasteiger partial charge in [-0.05, 0) is 52.0 Å². The van der Waals surface area contributed by atoms with Crippen LogP contribution in [0.15, 0.2) is 11.6 Å². The van der Waals surface area contributed by atoms with Gasteiger partial charge in [-0.2, -0.15) is 0 Å². The minimum absolute atomic E-state index is 0.113. The third-order valence-corrected chi connectivity index (χ3v) is 3.38. The van der Waals surface area contributed by atoms with Crippen molar-refractivity contribution in [3.63, 3.8) is 0 Å². The first-order valence-electron chi connectivity index (χ1n) is 6.56. The van der Waals surface area contributed by atoms with Gasteiger partial charge in [-0.3, -0.25) is 4.79 Å². The van der Waals surface area contributed by atoms with Crippen molar-refractivity contribution in [1.82, 2.24) is 5.32 Å². The second-order valence-electron chi connectivity index (χ2n) is 6.20. The van der Waals surface area contributed by atoms with Gasteiger partial charge in [-0.25, -0.2) is 4.79 Å². The molecule has 4 heteroatoms. The molecular weight excluding hydrogens is 230 g/mol. The van der Waals surface area contributed by atoms with Gasteiger partial charge in [-0.1, -0.05) is 5.57 Å². The van der Waals surface area contributed by atoms with Gasteiger partial charge in [0.05, 0.1) is 0 Å². The maximum atomic E-state index is 11.7. The standard InChI is InChI=1S/C14H21NO3/c1-14(2,3)18-13(17)15-11-6-9-4-5-12(16)8-10(9)7-11/h8-9,11H,4-7H2,1-3H3,(H,15,17)/t9-,11-/m1/s1. The summed E-state index contributed by atoms with van der Waals surface area (Å²) in [5.74, 6) is 0.696. The number of nitrogens with one attached hydrogen (secondary N) is 1. The van der Waals surface area contributed by atoms with Gasteiger partial charge >= 0.3 is 6.09 Å². The predicted molar refractivity (Wildman–Crippen MR) is 68.2 cm³/mol. The first kappa shape index (κ1) is 13.1. The van der Waals surface area contributed by atoms with E-state index in [0.717, 1.165) is 19.3 Å². The van der Waals surface area contributed by atoms with Crippen LogP contribution in [0.5, 0.6) is 0 Å². The Kier molecular flexibility index (Phi) is 3.46. The topological polar surface area (TPSA) is 55.4 Å². The van der Waals surface area contributed by atoms with Crippen LogP contribution in [0.25, 0.3) is 0 Å². The van der Waals surface area contributed by atoms with Gasteiger partial charge < -0.3 is 10.1 Å². The van der Waals surface area contributed by atoms with Crippen molar-refractivity contribution in [3.05, 3.63) is 11.6 Å². The first-order valence-corrected chi connectivity index (χ1v) is 6.56. The number of carbonyl (C=O) groups is 2. The molecule has 1 saturated carbocycles. The fourth-order valence-corrected chi connectivity index (χ4v) is 2.69. The van der Waals surface area contributed by atoms with Crippen molar-refractivity contribution in [2.45, 2.75) is 58.1 Å². The molecule has 0 aromatic heterocycles. The van der Waals surface area contributed by atoms with Crippen LogP contribution in [0.4, 0.5) is 4.79 Å². The Morgan fingerprint density at radius 2 is 2.17 bits per heavy atom. The molecule has 2 atom stereocenters. The molecule has 4 nitrogen and oxygen atoms in total. The van der Waals surface area contributed by atoms with Crippen molar-refractivity contribution in [1.29, 1.82) is 0 Å². The minimum Gasteiger partial charge on any atom is -0.444 e. The number of hydrogen-bond acceptors (Lipinski definition) is 3. The number of rotatable bonds is 1. The minimum atomic E-state index is -0.468. The highest BCUT2D eigenvalue weighted by Crippen LogP contribution is 2.37. The molecule has 0 aromatic rings. The molecule has 2 aliphatic rings. The van der Waals surface area contributed by atoms with Crippen molar-refractivity contribution in [2.75, 3.05) is 0 Å². The second-order valence-corrected chi connectivity index (χ2v) is 6.20. The van der Waals surface area contributed by atoms with E-state index in [1.807, 2.05) is 20.8 Å². The Labute approximate surface area is 108 Å². The van der Waals surface area contributed by atoms with E-state index < -0.39 is 5.60 Å². The Morgan fingerprint density at radius 3 is 2.83 bits per heavy atom. The number of ketones is 1. The smallest absolute Gasteiger partial charge is 0.407 e. The molecule has 0 bridgehead atoms. The van der Waals surface area contributed by atoms with E-state index in [0.29, 0.717) is 12.3 Å². The lowest BCUT2D eigenvalue weighted by atomic mass is 9.90. The third kappa shape index (κ3) is 3.34. The molecule has 0 aromatic carbocycles. The number of allylic oxidation sites excluding steroid dienone is 1. The van der Waals surface area contributed by atoms with Crippen LogP contribution in [0.1, 0.15) is 46.5 Å². The maximum Gasteiger partial charge on any atom is 0.407 e. The summed E-state index contributed by atoms with van der Waals surface area (Å²) in [6, 6.07) is 0.113. The molecule has 0 aliphatic heterocycles. The summed E-state index contributed by atoms with van der Waals surface area (Å²) >= 11 is 0. The molecule has 0 unspecified atom stereocenters. The number of alkyl carbamates (subject to hydrolysis) is 1. The summed E-state index contributed by atoms with van der Waals surface area (Å²) in [5.41, 5.74) is 0.734. The molecule has 1 fully saturated rings. The van der Waals surface area contributed by atoms with E-state index in [9.17, 15) is 9.59 Å². The SMILES string of the molecule is CC(C)(C)OC(=O)N[C@H]1CC2=CC(=O)CC[C@@H]2C1. The first-order chi connectivity index (χ1) is 8.33. The third-order valence-electron chi connectivity index (χ3n) is 3.38. The van der Waals surface area contributed by atoms with Gasteiger partial charge in [0.25, 0.3) is 0 Å². The van der Waals surface area contributed by atoms with Crippen LogP contribution >= 0.6 is 0 Å². The average molecular weight is 251 g/mol. The summed E-state index contributed by atoms with van der Waals surface area (Å²) in [5, 5.41) is 2.89. The monoisotopic (exact) mass is 251 g/mol. The Hall–Kier alpha value is -1.32. The zero-order chi connectivity index (χ0) is 13.3. The van der Waals surface area contributed by atoms with E-state index in [1.165, 1.54) is 5.57 Å². The molecule has 0 radical (unpaired) electrons. The lowest BCUT2D eigenvalue weighted by Crippen LogP contribution is -2.37. The number of ether oxygens (including phenoxy) is 1. The van der Waals surface area contributed by atoms with Crippen LogP contribution in [0.2, 0.25) is 0 Å². The van der Waals surface area contributed by atoms with E-state index in [-0.39, 0.29) is 17.9 Å². The number of carbonyl (C=O) groups excluding carboxylic acids is 2. The summed E-state index contributed by atoms with van der Waals surface area (Å²) in [6.07, 6.45) is 4.70. The molecule has 100 valence electrons. The zero-order valence-corrected chi connectivity index (χ0v) is 11.3. The highest BCUT2D eigenvalue weighted by atomic mass is 16.6. The van der Waals surface area contributed by atoms with Crippen molar-refractivity contribution < 1.29 is 14.3 Å². The molecule has 0 saturated heterocycles. The predicted octanol–water partition coefficient (Wildman–Crippen LogP) is 2.58. The van der Waals surface area contributed by atoms with Gasteiger partial charge in [0, 0.05) is 12.5 Å². The van der Waals surface area contributed by atoms with Gasteiger partial charge in [0.2, 0.25) is 0 Å². The highest BCUT2D eigenvalue weighted by Gasteiger charge is 2.33. The van der Waals surface area contributed by atoms with Crippen molar-refractivity contribution >= 4 is 11.9 Å². The normalized spacial score (nSPS) is 27.5. The Morgan fingerprint density at radius 1 is 1.44 bits per heavy atom. The van der Waals surface area contributed by atoms with Gasteiger partial charge in [0.1, 0.15) is 5.60 Å². The fraction of sp³-hybridized carbons (Fsp3) is 0.714. The van der Waals surface area contributed by atoms with Crippen molar-refractivity contribution in [3.8, 4) is 0 Å². The van der Waals surface area contributed by atoms with Crippen LogP contribution in [-0.2, 0) is 9.53 Å². The number of hydrogen-bond donors (Lipinski definition) is 1. The lowest BCUT2D eigenvalue weighted by molar-refractivity contribution is -0.115. The number of amides is 1. The second kappa shape index (κ2) is 4.75. The zero-order valence-electron chi connectivity index (χ0n) is 11.3. The van der Waals surface area contributed by atoms with Crippen LogP contribution in [0.3, 0.4) is 0 Å². The van der Waals surface area contributed by atoms with Gasteiger partial charge in [0.15, 0.2) is 5.78 Å². The van der Waals surface area contributed by atoms with E-state index in [4.69, 9.17) is 4.74 Å². The van der Waals surface area contributed by atoms with Crippen molar-refractivity contribution in [2.24, 2.45) is 5.92 Å². The lowest BCUT2D eigenvalue weighted by Gasteiger charge is -2.21. The average Bonchev–Trinajstić information content (AvgIpc) is 2.55. The summed E-state index contributed by atoms with van der Waals surface area (Å²) in [7, 11) is 0. The maximum absolute atomic E-state index is 11.7. The van der Waals surface area contributed by atoms with E-state index in [2.05, 4.69) is 5.32 Å². The fourth-order valence-electron chi connectivity index (χ4n) is 2.69.